The van der Waals surface area contributed by atoms with Crippen molar-refractivity contribution in [3.63, 3.8) is 0 Å². The van der Waals surface area contributed by atoms with Crippen LogP contribution in [0, 0.1) is 0 Å². The summed E-state index contributed by atoms with van der Waals surface area (Å²) in [4.78, 5) is 4.72. The topological polar surface area (TPSA) is 70.5 Å². The van der Waals surface area contributed by atoms with E-state index in [0.29, 0.717) is 6.42 Å². The van der Waals surface area contributed by atoms with Crippen LogP contribution < -0.4 is 0 Å². The maximum absolute atomic E-state index is 12.1. The molecule has 0 amide bonds. The first kappa shape index (κ1) is 16.8. The van der Waals surface area contributed by atoms with Crippen LogP contribution in [-0.2, 0) is 22.9 Å². The lowest BCUT2D eigenvalue weighted by molar-refractivity contribution is 0.329. The van der Waals surface area contributed by atoms with Crippen molar-refractivity contribution in [2.24, 2.45) is 0 Å². The number of benzene rings is 1. The highest BCUT2D eigenvalue weighted by Gasteiger charge is 2.22. The molecule has 1 heterocycles. The van der Waals surface area contributed by atoms with E-state index in [1.807, 2.05) is 24.3 Å². The molecule has 1 aliphatic rings. The van der Waals surface area contributed by atoms with Crippen LogP contribution in [0.2, 0.25) is 0 Å². The second-order valence-electron chi connectivity index (χ2n) is 6.04. The molecule has 2 aromatic rings. The van der Waals surface area contributed by atoms with Gasteiger partial charge in [0.1, 0.15) is 0 Å². The Morgan fingerprint density at radius 2 is 1.88 bits per heavy atom. The molecule has 6 heteroatoms. The Bertz CT molecular complexity index is 885. The van der Waals surface area contributed by atoms with E-state index in [4.69, 9.17) is 0 Å². The van der Waals surface area contributed by atoms with Gasteiger partial charge in [0.15, 0.2) is 0 Å². The molecular formula is C18H20N2O3S. The Kier molecular flexibility index (Phi) is 4.54. The molecule has 5 nitrogen and oxygen atoms in total. The summed E-state index contributed by atoms with van der Waals surface area (Å²) in [6.07, 6.45) is 3.11. The number of nitrogens with zero attached hydrogens (tertiary/aromatic N) is 2. The van der Waals surface area contributed by atoms with Gasteiger partial charge < -0.3 is 5.11 Å². The second-order valence-corrected chi connectivity index (χ2v) is 8.19. The van der Waals surface area contributed by atoms with Crippen molar-refractivity contribution in [1.29, 1.82) is 0 Å². The highest BCUT2D eigenvalue weighted by molar-refractivity contribution is 7.89. The van der Waals surface area contributed by atoms with Crippen molar-refractivity contribution in [3.8, 4) is 0 Å². The van der Waals surface area contributed by atoms with Crippen LogP contribution in [0.4, 0.5) is 0 Å². The van der Waals surface area contributed by atoms with Gasteiger partial charge in [-0.25, -0.2) is 12.7 Å². The number of aliphatic hydroxyl groups is 1. The molecule has 0 saturated carbocycles. The predicted molar refractivity (Wildman–Crippen MR) is 93.0 cm³/mol. The molecule has 0 aliphatic heterocycles. The maximum Gasteiger partial charge on any atom is 0.242 e. The minimum atomic E-state index is -3.42. The third kappa shape index (κ3) is 3.00. The summed E-state index contributed by atoms with van der Waals surface area (Å²) in [6.45, 7) is 0.0127. The summed E-state index contributed by atoms with van der Waals surface area (Å²) in [5, 5.41) is 9.63. The fraction of sp³-hybridized carbons (Fsp3) is 0.278. The summed E-state index contributed by atoms with van der Waals surface area (Å²) in [6, 6.07) is 10.8. The van der Waals surface area contributed by atoms with Crippen molar-refractivity contribution >= 4 is 15.6 Å². The van der Waals surface area contributed by atoms with Gasteiger partial charge in [-0.1, -0.05) is 18.2 Å². The minimum Gasteiger partial charge on any atom is -0.392 e. The molecule has 3 rings (SSSR count). The number of rotatable bonds is 5. The molecule has 1 aromatic heterocycles. The third-order valence-electron chi connectivity index (χ3n) is 4.28. The van der Waals surface area contributed by atoms with Crippen LogP contribution in [0.3, 0.4) is 0 Å². The lowest BCUT2D eigenvalue weighted by Crippen LogP contribution is -2.22. The summed E-state index contributed by atoms with van der Waals surface area (Å²) in [5.74, 6) is 0. The van der Waals surface area contributed by atoms with Crippen molar-refractivity contribution < 1.29 is 13.5 Å². The summed E-state index contributed by atoms with van der Waals surface area (Å²) < 4.78 is 25.4. The van der Waals surface area contributed by atoms with Crippen LogP contribution in [-0.4, -0.2) is 43.5 Å². The Hall–Kier alpha value is -2.02. The molecule has 0 atom stereocenters. The van der Waals surface area contributed by atoms with Gasteiger partial charge in [-0.3, -0.25) is 4.98 Å². The first-order valence-electron chi connectivity index (χ1n) is 7.71. The molecule has 24 heavy (non-hydrogen) atoms. The van der Waals surface area contributed by atoms with E-state index in [0.717, 1.165) is 34.4 Å². The average molecular weight is 344 g/mol. The zero-order valence-corrected chi connectivity index (χ0v) is 14.5. The fourth-order valence-electron chi connectivity index (χ4n) is 2.91. The van der Waals surface area contributed by atoms with Gasteiger partial charge in [-0.2, -0.15) is 0 Å². The number of fused-ring (bicyclic) bond motifs is 1. The first-order valence-corrected chi connectivity index (χ1v) is 9.15. The minimum absolute atomic E-state index is 0.0127. The molecule has 1 aliphatic carbocycles. The quantitative estimate of drug-likeness (QED) is 0.899. The van der Waals surface area contributed by atoms with Crippen molar-refractivity contribution in [3.05, 3.63) is 65.0 Å². The molecule has 126 valence electrons. The Labute approximate surface area is 142 Å². The van der Waals surface area contributed by atoms with Crippen molar-refractivity contribution in [1.82, 2.24) is 9.29 Å². The third-order valence-corrected chi connectivity index (χ3v) is 6.11. The van der Waals surface area contributed by atoms with Gasteiger partial charge in [0.25, 0.3) is 0 Å². The molecule has 0 spiro atoms. The van der Waals surface area contributed by atoms with Crippen LogP contribution >= 0.6 is 0 Å². The molecule has 0 bridgehead atoms. The summed E-state index contributed by atoms with van der Waals surface area (Å²) >= 11 is 0. The van der Waals surface area contributed by atoms with E-state index >= 15 is 0 Å². The van der Waals surface area contributed by atoms with Gasteiger partial charge in [0.05, 0.1) is 17.2 Å². The largest absolute Gasteiger partial charge is 0.392 e. The number of pyridine rings is 1. The predicted octanol–water partition coefficient (Wildman–Crippen LogP) is 1.88. The van der Waals surface area contributed by atoms with E-state index in [9.17, 15) is 13.5 Å². The average Bonchev–Trinajstić information content (AvgIpc) is 2.93. The lowest BCUT2D eigenvalue weighted by Gasteiger charge is -2.12. The standard InChI is InChI=1S/C18H20N2O3S/c1-20(2)24(22,23)16-7-5-13(6-8-16)10-17-15(12-21)11-14-4-3-9-19-18(14)17/h3-9,21H,10-12H2,1-2H3. The monoisotopic (exact) mass is 344 g/mol. The van der Waals surface area contributed by atoms with Crippen LogP contribution in [0.5, 0.6) is 0 Å². The molecule has 0 fully saturated rings. The first-order chi connectivity index (χ1) is 11.4. The van der Waals surface area contributed by atoms with Crippen LogP contribution in [0.25, 0.3) is 5.57 Å². The van der Waals surface area contributed by atoms with Gasteiger partial charge >= 0.3 is 0 Å². The van der Waals surface area contributed by atoms with Gasteiger partial charge in [0.2, 0.25) is 10.0 Å². The summed E-state index contributed by atoms with van der Waals surface area (Å²) in [7, 11) is -0.383. The van der Waals surface area contributed by atoms with E-state index in [1.165, 1.54) is 18.4 Å². The number of aliphatic hydroxyl groups excluding tert-OH is 1. The Morgan fingerprint density at radius 1 is 1.17 bits per heavy atom. The van der Waals surface area contributed by atoms with E-state index in [2.05, 4.69) is 4.98 Å². The van der Waals surface area contributed by atoms with Gasteiger partial charge in [-0.05, 0) is 53.3 Å². The fourth-order valence-corrected chi connectivity index (χ4v) is 3.81. The maximum atomic E-state index is 12.1. The van der Waals surface area contributed by atoms with Gasteiger partial charge in [0, 0.05) is 20.3 Å². The zero-order valence-electron chi connectivity index (χ0n) is 13.7. The highest BCUT2D eigenvalue weighted by atomic mass is 32.2. The van der Waals surface area contributed by atoms with Crippen molar-refractivity contribution in [2.45, 2.75) is 17.7 Å². The summed E-state index contributed by atoms with van der Waals surface area (Å²) in [5.41, 5.74) is 5.08. The number of sulfonamides is 1. The number of allylic oxidation sites excluding steroid dienone is 1. The van der Waals surface area contributed by atoms with Gasteiger partial charge in [-0.15, -0.1) is 0 Å². The smallest absolute Gasteiger partial charge is 0.242 e. The normalized spacial score (nSPS) is 14.3. The number of aromatic nitrogens is 1. The van der Waals surface area contributed by atoms with E-state index in [1.54, 1.807) is 18.3 Å². The Balaban J connectivity index is 1.89. The number of hydrogen-bond acceptors (Lipinski definition) is 4. The molecular weight excluding hydrogens is 324 g/mol. The van der Waals surface area contributed by atoms with E-state index < -0.39 is 10.0 Å². The Morgan fingerprint density at radius 3 is 2.50 bits per heavy atom. The molecule has 1 N–H and O–H groups in total. The second kappa shape index (κ2) is 6.47. The van der Waals surface area contributed by atoms with Crippen LogP contribution in [0.1, 0.15) is 16.8 Å². The SMILES string of the molecule is CN(C)S(=O)(=O)c1ccc(CC2=C(CO)Cc3cccnc32)cc1. The molecule has 0 unspecified atom stereocenters. The molecule has 0 radical (unpaired) electrons. The molecule has 0 saturated heterocycles. The van der Waals surface area contributed by atoms with E-state index in [-0.39, 0.29) is 11.5 Å². The highest BCUT2D eigenvalue weighted by Crippen LogP contribution is 2.33. The zero-order chi connectivity index (χ0) is 17.3. The molecule has 1 aromatic carbocycles. The number of hydrogen-bond donors (Lipinski definition) is 1. The van der Waals surface area contributed by atoms with Crippen LogP contribution in [0.15, 0.2) is 53.1 Å². The lowest BCUT2D eigenvalue weighted by atomic mass is 10.0. The van der Waals surface area contributed by atoms with Crippen molar-refractivity contribution in [2.75, 3.05) is 20.7 Å².